The maximum atomic E-state index is 12.0. The molecule has 1 saturated carbocycles. The summed E-state index contributed by atoms with van der Waals surface area (Å²) in [6.45, 7) is -0.0449. The van der Waals surface area contributed by atoms with Crippen LogP contribution in [0, 0.1) is 0 Å². The van der Waals surface area contributed by atoms with Gasteiger partial charge < -0.3 is 5.32 Å². The Hall–Kier alpha value is -2.95. The molecule has 1 aliphatic rings. The highest BCUT2D eigenvalue weighted by Gasteiger charge is 2.23. The number of nitrogens with zero attached hydrogens (tertiary/aromatic N) is 2. The Labute approximate surface area is 138 Å². The fourth-order valence-electron chi connectivity index (χ4n) is 2.70. The van der Waals surface area contributed by atoms with Crippen molar-refractivity contribution in [2.45, 2.75) is 25.4 Å². The minimum absolute atomic E-state index is 0.0449. The van der Waals surface area contributed by atoms with Gasteiger partial charge in [0.05, 0.1) is 5.69 Å². The molecule has 0 spiro atoms. The average Bonchev–Trinajstić information content (AvgIpc) is 3.40. The van der Waals surface area contributed by atoms with Crippen molar-refractivity contribution in [1.29, 1.82) is 0 Å². The largest absolute Gasteiger partial charge is 0.352 e. The van der Waals surface area contributed by atoms with Crippen molar-refractivity contribution in [3.63, 3.8) is 0 Å². The molecule has 1 aromatic heterocycles. The Bertz CT molecular complexity index is 974. The zero-order valence-corrected chi connectivity index (χ0v) is 13.1. The van der Waals surface area contributed by atoms with E-state index < -0.39 is 0 Å². The molecule has 1 heterocycles. The summed E-state index contributed by atoms with van der Waals surface area (Å²) in [5.41, 5.74) is 1.33. The lowest BCUT2D eigenvalue weighted by Gasteiger charge is -2.08. The van der Waals surface area contributed by atoms with Crippen LogP contribution in [0.1, 0.15) is 12.8 Å². The first-order chi connectivity index (χ1) is 11.7. The van der Waals surface area contributed by atoms with E-state index in [1.165, 1.54) is 10.7 Å². The molecule has 3 aromatic rings. The molecular formula is C19H17N3O2. The second-order valence-electron chi connectivity index (χ2n) is 6.12. The van der Waals surface area contributed by atoms with Crippen LogP contribution in [0.15, 0.2) is 59.4 Å². The molecule has 1 amide bonds. The van der Waals surface area contributed by atoms with E-state index in [-0.39, 0.29) is 24.1 Å². The average molecular weight is 319 g/mol. The summed E-state index contributed by atoms with van der Waals surface area (Å²) in [6.07, 6.45) is 2.04. The first kappa shape index (κ1) is 14.6. The van der Waals surface area contributed by atoms with Gasteiger partial charge in [-0.25, -0.2) is 4.68 Å². The van der Waals surface area contributed by atoms with Gasteiger partial charge >= 0.3 is 0 Å². The van der Waals surface area contributed by atoms with Crippen molar-refractivity contribution >= 4 is 16.7 Å². The number of carbonyl (C=O) groups is 1. The van der Waals surface area contributed by atoms with Gasteiger partial charge in [0.25, 0.3) is 5.56 Å². The quantitative estimate of drug-likeness (QED) is 0.803. The SMILES string of the molecule is O=C(Cn1nc(-c2ccc3ccccc3c2)ccc1=O)NC1CC1. The van der Waals surface area contributed by atoms with Crippen molar-refractivity contribution in [1.82, 2.24) is 15.1 Å². The third-order valence-electron chi connectivity index (χ3n) is 4.15. The molecule has 0 bridgehead atoms. The fraction of sp³-hybridized carbons (Fsp3) is 0.211. The number of amides is 1. The molecule has 1 fully saturated rings. The van der Waals surface area contributed by atoms with E-state index >= 15 is 0 Å². The lowest BCUT2D eigenvalue weighted by Crippen LogP contribution is -2.34. The van der Waals surface area contributed by atoms with Crippen LogP contribution >= 0.6 is 0 Å². The molecule has 2 aromatic carbocycles. The highest BCUT2D eigenvalue weighted by atomic mass is 16.2. The third kappa shape index (κ3) is 3.06. The molecule has 1 N–H and O–H groups in total. The Kier molecular flexibility index (Phi) is 3.61. The molecule has 0 saturated heterocycles. The molecule has 0 unspecified atom stereocenters. The van der Waals surface area contributed by atoms with Crippen LogP contribution in [-0.4, -0.2) is 21.7 Å². The number of hydrogen-bond acceptors (Lipinski definition) is 3. The first-order valence-electron chi connectivity index (χ1n) is 8.06. The van der Waals surface area contributed by atoms with Crippen molar-refractivity contribution in [3.05, 3.63) is 65.0 Å². The van der Waals surface area contributed by atoms with Crippen LogP contribution in [0.4, 0.5) is 0 Å². The lowest BCUT2D eigenvalue weighted by atomic mass is 10.1. The number of carbonyl (C=O) groups excluding carboxylic acids is 1. The standard InChI is InChI=1S/C19H17N3O2/c23-18(20-16-7-8-16)12-22-19(24)10-9-17(21-22)15-6-5-13-3-1-2-4-14(13)11-15/h1-6,9-11,16H,7-8,12H2,(H,20,23). The van der Waals surface area contributed by atoms with E-state index in [9.17, 15) is 9.59 Å². The van der Waals surface area contributed by atoms with Gasteiger partial charge in [-0.15, -0.1) is 0 Å². The van der Waals surface area contributed by atoms with Crippen LogP contribution in [0.25, 0.3) is 22.0 Å². The summed E-state index contributed by atoms with van der Waals surface area (Å²) < 4.78 is 1.22. The molecule has 1 aliphatic carbocycles. The van der Waals surface area contributed by atoms with Gasteiger partial charge in [0, 0.05) is 17.7 Å². The Morgan fingerprint density at radius 3 is 2.67 bits per heavy atom. The van der Waals surface area contributed by atoms with Gasteiger partial charge in [-0.2, -0.15) is 5.10 Å². The number of hydrogen-bond donors (Lipinski definition) is 1. The summed E-state index contributed by atoms with van der Waals surface area (Å²) >= 11 is 0. The molecular weight excluding hydrogens is 302 g/mol. The number of rotatable bonds is 4. The zero-order valence-electron chi connectivity index (χ0n) is 13.1. The monoisotopic (exact) mass is 319 g/mol. The van der Waals surface area contributed by atoms with E-state index in [4.69, 9.17) is 0 Å². The molecule has 24 heavy (non-hydrogen) atoms. The number of fused-ring (bicyclic) bond motifs is 1. The fourth-order valence-corrected chi connectivity index (χ4v) is 2.70. The minimum atomic E-state index is -0.273. The summed E-state index contributed by atoms with van der Waals surface area (Å²) in [5, 5.41) is 9.50. The van der Waals surface area contributed by atoms with E-state index in [1.54, 1.807) is 6.07 Å². The van der Waals surface area contributed by atoms with Gasteiger partial charge in [-0.1, -0.05) is 36.4 Å². The zero-order chi connectivity index (χ0) is 16.5. The van der Waals surface area contributed by atoms with Crippen LogP contribution < -0.4 is 10.9 Å². The smallest absolute Gasteiger partial charge is 0.267 e. The highest BCUT2D eigenvalue weighted by molar-refractivity contribution is 5.86. The molecule has 0 atom stereocenters. The molecule has 0 aliphatic heterocycles. The predicted molar refractivity (Wildman–Crippen MR) is 92.6 cm³/mol. The topological polar surface area (TPSA) is 64.0 Å². The number of benzene rings is 2. The van der Waals surface area contributed by atoms with Gasteiger partial charge in [0.15, 0.2) is 0 Å². The van der Waals surface area contributed by atoms with E-state index in [1.807, 2.05) is 36.4 Å². The van der Waals surface area contributed by atoms with Gasteiger partial charge in [-0.05, 0) is 35.7 Å². The van der Waals surface area contributed by atoms with Crippen LogP contribution in [0.3, 0.4) is 0 Å². The maximum absolute atomic E-state index is 12.0. The second-order valence-corrected chi connectivity index (χ2v) is 6.12. The Morgan fingerprint density at radius 1 is 1.08 bits per heavy atom. The predicted octanol–water partition coefficient (Wildman–Crippen LogP) is 2.34. The molecule has 4 rings (SSSR count). The van der Waals surface area contributed by atoms with Crippen molar-refractivity contribution in [2.75, 3.05) is 0 Å². The summed E-state index contributed by atoms with van der Waals surface area (Å²) in [5.74, 6) is -0.164. The van der Waals surface area contributed by atoms with Crippen LogP contribution in [-0.2, 0) is 11.3 Å². The second kappa shape index (κ2) is 5.92. The van der Waals surface area contributed by atoms with E-state index in [0.29, 0.717) is 5.69 Å². The van der Waals surface area contributed by atoms with Crippen LogP contribution in [0.5, 0.6) is 0 Å². The van der Waals surface area contributed by atoms with Crippen molar-refractivity contribution in [2.24, 2.45) is 0 Å². The minimum Gasteiger partial charge on any atom is -0.352 e. The Morgan fingerprint density at radius 2 is 1.88 bits per heavy atom. The Balaban J connectivity index is 1.65. The van der Waals surface area contributed by atoms with E-state index in [0.717, 1.165) is 29.2 Å². The number of aromatic nitrogens is 2. The van der Waals surface area contributed by atoms with Gasteiger partial charge in [-0.3, -0.25) is 9.59 Å². The highest BCUT2D eigenvalue weighted by Crippen LogP contribution is 2.22. The van der Waals surface area contributed by atoms with Crippen LogP contribution in [0.2, 0.25) is 0 Å². The van der Waals surface area contributed by atoms with Crippen molar-refractivity contribution in [3.8, 4) is 11.3 Å². The number of nitrogens with one attached hydrogen (secondary N) is 1. The normalized spacial score (nSPS) is 13.8. The summed E-state index contributed by atoms with van der Waals surface area (Å²) in [7, 11) is 0. The first-order valence-corrected chi connectivity index (χ1v) is 8.06. The van der Waals surface area contributed by atoms with Crippen molar-refractivity contribution < 1.29 is 4.79 Å². The molecule has 0 radical (unpaired) electrons. The molecule has 120 valence electrons. The van der Waals surface area contributed by atoms with Gasteiger partial charge in [0.2, 0.25) is 5.91 Å². The summed E-state index contributed by atoms with van der Waals surface area (Å²) in [4.78, 5) is 23.9. The molecule has 5 heteroatoms. The molecule has 5 nitrogen and oxygen atoms in total. The third-order valence-corrected chi connectivity index (χ3v) is 4.15. The van der Waals surface area contributed by atoms with E-state index in [2.05, 4.69) is 16.5 Å². The van der Waals surface area contributed by atoms with Gasteiger partial charge in [0.1, 0.15) is 6.54 Å². The lowest BCUT2D eigenvalue weighted by molar-refractivity contribution is -0.122. The maximum Gasteiger partial charge on any atom is 0.267 e. The summed E-state index contributed by atoms with van der Waals surface area (Å²) in [6, 6.07) is 17.6.